The fraction of sp³-hybridized carbons (Fsp3) is 0.500. The van der Waals surface area contributed by atoms with E-state index in [1.807, 2.05) is 13.8 Å². The largest absolute Gasteiger partial charge is 0.383 e. The molecule has 1 rings (SSSR count). The molecule has 1 amide bonds. The number of amides is 1. The number of hydrogen-bond acceptors (Lipinski definition) is 2. The van der Waals surface area contributed by atoms with Crippen molar-refractivity contribution in [3.05, 3.63) is 35.1 Å². The molecule has 1 aromatic carbocycles. The molecule has 0 fully saturated rings. The molecule has 0 aliphatic rings. The fourth-order valence-electron chi connectivity index (χ4n) is 1.73. The first kappa shape index (κ1) is 14.6. The van der Waals surface area contributed by atoms with Gasteiger partial charge in [-0.1, -0.05) is 6.07 Å². The molecule has 0 aromatic heterocycles. The summed E-state index contributed by atoms with van der Waals surface area (Å²) in [5, 5.41) is 0. The van der Waals surface area contributed by atoms with Gasteiger partial charge >= 0.3 is 0 Å². The number of methoxy groups -OCH3 is 1. The third kappa shape index (κ3) is 3.53. The molecule has 0 atom stereocenters. The Hall–Kier alpha value is -1.42. The minimum absolute atomic E-state index is 0.00773. The van der Waals surface area contributed by atoms with Crippen molar-refractivity contribution in [2.24, 2.45) is 0 Å². The first-order valence-corrected chi connectivity index (χ1v) is 6.03. The number of ether oxygens (including phenoxy) is 1. The van der Waals surface area contributed by atoms with E-state index in [1.165, 1.54) is 12.1 Å². The summed E-state index contributed by atoms with van der Waals surface area (Å²) < 4.78 is 18.7. The number of carbonyl (C=O) groups excluding carboxylic acids is 1. The Morgan fingerprint density at radius 3 is 2.61 bits per heavy atom. The molecule has 0 N–H and O–H groups in total. The molecular weight excluding hydrogens is 233 g/mol. The number of rotatable bonds is 5. The molecule has 0 saturated heterocycles. The summed E-state index contributed by atoms with van der Waals surface area (Å²) in [5.74, 6) is -0.761. The van der Waals surface area contributed by atoms with E-state index in [0.717, 1.165) is 5.56 Å². The first-order chi connectivity index (χ1) is 8.47. The smallest absolute Gasteiger partial charge is 0.257 e. The molecule has 0 spiro atoms. The van der Waals surface area contributed by atoms with E-state index in [4.69, 9.17) is 4.74 Å². The molecule has 3 nitrogen and oxygen atoms in total. The first-order valence-electron chi connectivity index (χ1n) is 6.03. The van der Waals surface area contributed by atoms with Gasteiger partial charge in [-0.25, -0.2) is 4.39 Å². The van der Waals surface area contributed by atoms with E-state index >= 15 is 0 Å². The van der Waals surface area contributed by atoms with Gasteiger partial charge in [-0.15, -0.1) is 0 Å². The lowest BCUT2D eigenvalue weighted by atomic mass is 10.1. The summed E-state index contributed by atoms with van der Waals surface area (Å²) in [4.78, 5) is 13.9. The maximum absolute atomic E-state index is 13.8. The molecule has 100 valence electrons. The van der Waals surface area contributed by atoms with Crippen LogP contribution in [0, 0.1) is 12.7 Å². The number of halogens is 1. The van der Waals surface area contributed by atoms with E-state index in [9.17, 15) is 9.18 Å². The van der Waals surface area contributed by atoms with Crippen molar-refractivity contribution in [2.75, 3.05) is 20.3 Å². The molecule has 18 heavy (non-hydrogen) atoms. The molecule has 0 aliphatic heterocycles. The third-order valence-electron chi connectivity index (χ3n) is 2.78. The second-order valence-corrected chi connectivity index (χ2v) is 4.57. The average molecular weight is 253 g/mol. The van der Waals surface area contributed by atoms with Gasteiger partial charge in [-0.3, -0.25) is 4.79 Å². The van der Waals surface area contributed by atoms with Gasteiger partial charge in [0.2, 0.25) is 0 Å². The van der Waals surface area contributed by atoms with E-state index in [1.54, 1.807) is 25.0 Å². The standard InChI is InChI=1S/C14H20FNO2/c1-10(2)16(7-8-18-4)14(17)12-6-5-11(3)9-13(12)15/h5-6,9-10H,7-8H2,1-4H3. The zero-order chi connectivity index (χ0) is 13.7. The summed E-state index contributed by atoms with van der Waals surface area (Å²) >= 11 is 0. The van der Waals surface area contributed by atoms with Gasteiger partial charge in [0.05, 0.1) is 12.2 Å². The highest BCUT2D eigenvalue weighted by Gasteiger charge is 2.21. The van der Waals surface area contributed by atoms with Gasteiger partial charge in [-0.2, -0.15) is 0 Å². The Labute approximate surface area is 108 Å². The highest BCUT2D eigenvalue weighted by atomic mass is 19.1. The van der Waals surface area contributed by atoms with Gasteiger partial charge in [0, 0.05) is 19.7 Å². The zero-order valence-electron chi connectivity index (χ0n) is 11.4. The molecule has 0 heterocycles. The van der Waals surface area contributed by atoms with E-state index in [0.29, 0.717) is 13.2 Å². The second-order valence-electron chi connectivity index (χ2n) is 4.57. The van der Waals surface area contributed by atoms with Gasteiger partial charge in [0.25, 0.3) is 5.91 Å². The molecule has 0 unspecified atom stereocenters. The van der Waals surface area contributed by atoms with Crippen LogP contribution in [0.4, 0.5) is 4.39 Å². The van der Waals surface area contributed by atoms with Crippen LogP contribution in [0.2, 0.25) is 0 Å². The Morgan fingerprint density at radius 1 is 1.44 bits per heavy atom. The summed E-state index contributed by atoms with van der Waals surface area (Å²) in [5.41, 5.74) is 0.919. The minimum Gasteiger partial charge on any atom is -0.383 e. The lowest BCUT2D eigenvalue weighted by Crippen LogP contribution is -2.39. The third-order valence-corrected chi connectivity index (χ3v) is 2.78. The average Bonchev–Trinajstić information content (AvgIpc) is 2.28. The summed E-state index contributed by atoms with van der Waals surface area (Å²) in [6.07, 6.45) is 0. The van der Waals surface area contributed by atoms with Crippen LogP contribution in [-0.4, -0.2) is 37.1 Å². The van der Waals surface area contributed by atoms with E-state index in [2.05, 4.69) is 0 Å². The SMILES string of the molecule is COCCN(C(=O)c1ccc(C)cc1F)C(C)C. The van der Waals surface area contributed by atoms with Crippen molar-refractivity contribution >= 4 is 5.91 Å². The number of aryl methyl sites for hydroxylation is 1. The Balaban J connectivity index is 2.94. The zero-order valence-corrected chi connectivity index (χ0v) is 11.4. The monoisotopic (exact) mass is 253 g/mol. The second kappa shape index (κ2) is 6.50. The van der Waals surface area contributed by atoms with Gasteiger partial charge < -0.3 is 9.64 Å². The predicted octanol–water partition coefficient (Wildman–Crippen LogP) is 2.63. The van der Waals surface area contributed by atoms with Crippen LogP contribution < -0.4 is 0 Å². The lowest BCUT2D eigenvalue weighted by molar-refractivity contribution is 0.0630. The molecule has 4 heteroatoms. The molecular formula is C14H20FNO2. The molecule has 0 bridgehead atoms. The Kier molecular flexibility index (Phi) is 5.28. The Bertz CT molecular complexity index is 418. The van der Waals surface area contributed by atoms with Crippen LogP contribution in [0.15, 0.2) is 18.2 Å². The minimum atomic E-state index is -0.469. The highest BCUT2D eigenvalue weighted by Crippen LogP contribution is 2.14. The van der Waals surface area contributed by atoms with Crippen LogP contribution in [0.25, 0.3) is 0 Å². The van der Waals surface area contributed by atoms with Crippen LogP contribution in [0.3, 0.4) is 0 Å². The summed E-state index contributed by atoms with van der Waals surface area (Å²) in [6, 6.07) is 4.66. The number of hydrogen-bond donors (Lipinski definition) is 0. The number of carbonyl (C=O) groups is 1. The summed E-state index contributed by atoms with van der Waals surface area (Å²) in [6.45, 7) is 6.50. The van der Waals surface area contributed by atoms with Gasteiger partial charge in [0.15, 0.2) is 0 Å². The van der Waals surface area contributed by atoms with Crippen LogP contribution in [0.5, 0.6) is 0 Å². The van der Waals surface area contributed by atoms with Crippen molar-refractivity contribution in [1.29, 1.82) is 0 Å². The van der Waals surface area contributed by atoms with Gasteiger partial charge in [0.1, 0.15) is 5.82 Å². The maximum Gasteiger partial charge on any atom is 0.257 e. The highest BCUT2D eigenvalue weighted by molar-refractivity contribution is 5.94. The maximum atomic E-state index is 13.8. The number of nitrogens with zero attached hydrogens (tertiary/aromatic N) is 1. The van der Waals surface area contributed by atoms with Crippen molar-refractivity contribution in [2.45, 2.75) is 26.8 Å². The normalized spacial score (nSPS) is 10.8. The Morgan fingerprint density at radius 2 is 2.11 bits per heavy atom. The van der Waals surface area contributed by atoms with E-state index < -0.39 is 5.82 Å². The van der Waals surface area contributed by atoms with Crippen molar-refractivity contribution in [3.63, 3.8) is 0 Å². The van der Waals surface area contributed by atoms with Crippen molar-refractivity contribution in [3.8, 4) is 0 Å². The molecule has 0 aliphatic carbocycles. The molecule has 1 aromatic rings. The lowest BCUT2D eigenvalue weighted by Gasteiger charge is -2.26. The van der Waals surface area contributed by atoms with Crippen LogP contribution >= 0.6 is 0 Å². The van der Waals surface area contributed by atoms with Crippen molar-refractivity contribution < 1.29 is 13.9 Å². The predicted molar refractivity (Wildman–Crippen MR) is 69.2 cm³/mol. The molecule has 0 radical (unpaired) electrons. The molecule has 0 saturated carbocycles. The van der Waals surface area contributed by atoms with E-state index in [-0.39, 0.29) is 17.5 Å². The van der Waals surface area contributed by atoms with Crippen LogP contribution in [0.1, 0.15) is 29.8 Å². The topological polar surface area (TPSA) is 29.5 Å². The fourth-order valence-corrected chi connectivity index (χ4v) is 1.73. The quantitative estimate of drug-likeness (QED) is 0.807. The number of benzene rings is 1. The van der Waals surface area contributed by atoms with Gasteiger partial charge in [-0.05, 0) is 38.5 Å². The van der Waals surface area contributed by atoms with Crippen LogP contribution in [-0.2, 0) is 4.74 Å². The van der Waals surface area contributed by atoms with Crippen molar-refractivity contribution in [1.82, 2.24) is 4.90 Å². The summed E-state index contributed by atoms with van der Waals surface area (Å²) in [7, 11) is 1.58.